The van der Waals surface area contributed by atoms with E-state index in [4.69, 9.17) is 0 Å². The Balaban J connectivity index is 1.37. The number of hydrogen-bond acceptors (Lipinski definition) is 6. The number of amides is 2. The first kappa shape index (κ1) is 24.2. The number of piperidine rings is 1. The summed E-state index contributed by atoms with van der Waals surface area (Å²) in [5.74, 6) is -0.213. The second kappa shape index (κ2) is 10.6. The Kier molecular flexibility index (Phi) is 6.93. The van der Waals surface area contributed by atoms with E-state index in [1.807, 2.05) is 41.3 Å². The zero-order valence-electron chi connectivity index (χ0n) is 20.6. The summed E-state index contributed by atoms with van der Waals surface area (Å²) in [6, 6.07) is 20.4. The zero-order valence-corrected chi connectivity index (χ0v) is 20.6. The first-order valence-electron chi connectivity index (χ1n) is 12.3. The SMILES string of the molecule is CC(=O)Nc1ccc(NC(=O)[C@@H]2CCCN(c3nc4cccnc4n(Cc4ccccc4)c3=O)C2)cc1. The van der Waals surface area contributed by atoms with Crippen LogP contribution >= 0.6 is 0 Å². The molecule has 2 aromatic heterocycles. The number of nitrogens with one attached hydrogen (secondary N) is 2. The molecule has 37 heavy (non-hydrogen) atoms. The molecule has 0 unspecified atom stereocenters. The van der Waals surface area contributed by atoms with Crippen molar-refractivity contribution in [1.82, 2.24) is 14.5 Å². The van der Waals surface area contributed by atoms with Crippen LogP contribution in [0.25, 0.3) is 11.2 Å². The van der Waals surface area contributed by atoms with Crippen molar-refractivity contribution in [1.29, 1.82) is 0 Å². The number of benzene rings is 2. The van der Waals surface area contributed by atoms with Crippen LogP contribution in [0.3, 0.4) is 0 Å². The van der Waals surface area contributed by atoms with Gasteiger partial charge in [0.2, 0.25) is 11.8 Å². The number of aromatic nitrogens is 3. The Labute approximate surface area is 214 Å². The molecule has 9 heteroatoms. The van der Waals surface area contributed by atoms with Gasteiger partial charge in [0.25, 0.3) is 5.56 Å². The Hall–Kier alpha value is -4.53. The Morgan fingerprint density at radius 1 is 0.973 bits per heavy atom. The van der Waals surface area contributed by atoms with Gasteiger partial charge in [-0.15, -0.1) is 0 Å². The van der Waals surface area contributed by atoms with Crippen molar-refractivity contribution in [2.24, 2.45) is 5.92 Å². The first-order valence-corrected chi connectivity index (χ1v) is 12.3. The molecule has 0 saturated carbocycles. The number of carbonyl (C=O) groups is 2. The molecule has 1 aliphatic rings. The topological polar surface area (TPSA) is 109 Å². The molecule has 2 amide bonds. The van der Waals surface area contributed by atoms with Gasteiger partial charge in [-0.25, -0.2) is 9.97 Å². The highest BCUT2D eigenvalue weighted by Crippen LogP contribution is 2.23. The van der Waals surface area contributed by atoms with E-state index in [0.717, 1.165) is 18.4 Å². The third-order valence-corrected chi connectivity index (χ3v) is 6.43. The van der Waals surface area contributed by atoms with Crippen molar-refractivity contribution in [3.8, 4) is 0 Å². The van der Waals surface area contributed by atoms with Crippen LogP contribution in [-0.2, 0) is 16.1 Å². The number of anilines is 3. The molecule has 0 radical (unpaired) electrons. The van der Waals surface area contributed by atoms with Crippen molar-refractivity contribution in [2.45, 2.75) is 26.3 Å². The average molecular weight is 497 g/mol. The lowest BCUT2D eigenvalue weighted by Crippen LogP contribution is -2.44. The molecular formula is C28H28N6O3. The molecule has 0 spiro atoms. The number of hydrogen-bond donors (Lipinski definition) is 2. The van der Waals surface area contributed by atoms with Crippen LogP contribution in [0.2, 0.25) is 0 Å². The molecule has 1 aliphatic heterocycles. The molecule has 2 aromatic carbocycles. The van der Waals surface area contributed by atoms with E-state index in [1.54, 1.807) is 41.1 Å². The Bertz CT molecular complexity index is 1480. The van der Waals surface area contributed by atoms with E-state index < -0.39 is 0 Å². The van der Waals surface area contributed by atoms with Crippen LogP contribution in [0.15, 0.2) is 77.7 Å². The maximum Gasteiger partial charge on any atom is 0.295 e. The van der Waals surface area contributed by atoms with E-state index in [9.17, 15) is 14.4 Å². The molecule has 1 atom stereocenters. The van der Waals surface area contributed by atoms with Crippen molar-refractivity contribution in [3.63, 3.8) is 0 Å². The monoisotopic (exact) mass is 496 g/mol. The Morgan fingerprint density at radius 3 is 2.43 bits per heavy atom. The molecular weight excluding hydrogens is 468 g/mol. The van der Waals surface area contributed by atoms with Crippen LogP contribution in [-0.4, -0.2) is 39.4 Å². The van der Waals surface area contributed by atoms with Gasteiger partial charge in [0.15, 0.2) is 11.5 Å². The normalized spacial score (nSPS) is 15.4. The lowest BCUT2D eigenvalue weighted by atomic mass is 9.97. The van der Waals surface area contributed by atoms with Crippen LogP contribution in [0, 0.1) is 5.92 Å². The average Bonchev–Trinajstić information content (AvgIpc) is 2.91. The highest BCUT2D eigenvalue weighted by atomic mass is 16.2. The van der Waals surface area contributed by atoms with Gasteiger partial charge in [-0.3, -0.25) is 19.0 Å². The third kappa shape index (κ3) is 5.50. The van der Waals surface area contributed by atoms with Crippen LogP contribution in [0.5, 0.6) is 0 Å². The molecule has 1 saturated heterocycles. The summed E-state index contributed by atoms with van der Waals surface area (Å²) < 4.78 is 1.66. The van der Waals surface area contributed by atoms with Gasteiger partial charge in [0.1, 0.15) is 5.52 Å². The van der Waals surface area contributed by atoms with Gasteiger partial charge in [-0.1, -0.05) is 30.3 Å². The maximum absolute atomic E-state index is 13.7. The minimum Gasteiger partial charge on any atom is -0.351 e. The van der Waals surface area contributed by atoms with E-state index >= 15 is 0 Å². The summed E-state index contributed by atoms with van der Waals surface area (Å²) in [6.45, 7) is 2.88. The number of rotatable bonds is 6. The van der Waals surface area contributed by atoms with Gasteiger partial charge < -0.3 is 15.5 Å². The summed E-state index contributed by atoms with van der Waals surface area (Å²) in [7, 11) is 0. The van der Waals surface area contributed by atoms with E-state index in [2.05, 4.69) is 20.6 Å². The maximum atomic E-state index is 13.7. The third-order valence-electron chi connectivity index (χ3n) is 6.43. The summed E-state index contributed by atoms with van der Waals surface area (Å²) in [5.41, 5.74) is 3.26. The highest BCUT2D eigenvalue weighted by Gasteiger charge is 2.29. The predicted octanol–water partition coefficient (Wildman–Crippen LogP) is 3.65. The quantitative estimate of drug-likeness (QED) is 0.422. The second-order valence-corrected chi connectivity index (χ2v) is 9.19. The molecule has 0 aliphatic carbocycles. The van der Waals surface area contributed by atoms with Crippen molar-refractivity contribution >= 4 is 40.2 Å². The lowest BCUT2D eigenvalue weighted by Gasteiger charge is -2.32. The molecule has 1 fully saturated rings. The van der Waals surface area contributed by atoms with Crippen molar-refractivity contribution in [3.05, 3.63) is 88.8 Å². The number of carbonyl (C=O) groups excluding carboxylic acids is 2. The predicted molar refractivity (Wildman–Crippen MR) is 144 cm³/mol. The van der Waals surface area contributed by atoms with Crippen LogP contribution in [0.4, 0.5) is 17.2 Å². The van der Waals surface area contributed by atoms with E-state index in [0.29, 0.717) is 48.0 Å². The van der Waals surface area contributed by atoms with Crippen molar-refractivity contribution in [2.75, 3.05) is 28.6 Å². The van der Waals surface area contributed by atoms with E-state index in [-0.39, 0.29) is 23.3 Å². The minimum atomic E-state index is -0.294. The number of fused-ring (bicyclic) bond motifs is 1. The summed E-state index contributed by atoms with van der Waals surface area (Å²) in [4.78, 5) is 49.0. The largest absolute Gasteiger partial charge is 0.351 e. The minimum absolute atomic E-state index is 0.107. The van der Waals surface area contributed by atoms with Gasteiger partial charge in [0.05, 0.1) is 12.5 Å². The molecule has 3 heterocycles. The number of pyridine rings is 1. The number of nitrogens with zero attached hydrogens (tertiary/aromatic N) is 4. The zero-order chi connectivity index (χ0) is 25.8. The fraction of sp³-hybridized carbons (Fsp3) is 0.250. The lowest BCUT2D eigenvalue weighted by molar-refractivity contribution is -0.120. The molecule has 0 bridgehead atoms. The molecule has 188 valence electrons. The van der Waals surface area contributed by atoms with Crippen LogP contribution in [0.1, 0.15) is 25.3 Å². The van der Waals surface area contributed by atoms with Crippen molar-refractivity contribution < 1.29 is 9.59 Å². The summed E-state index contributed by atoms with van der Waals surface area (Å²) in [5, 5.41) is 5.67. The second-order valence-electron chi connectivity index (χ2n) is 9.19. The smallest absolute Gasteiger partial charge is 0.295 e. The molecule has 9 nitrogen and oxygen atoms in total. The molecule has 2 N–H and O–H groups in total. The summed E-state index contributed by atoms with van der Waals surface area (Å²) >= 11 is 0. The van der Waals surface area contributed by atoms with Gasteiger partial charge in [-0.05, 0) is 54.8 Å². The Morgan fingerprint density at radius 2 is 1.70 bits per heavy atom. The molecule has 5 rings (SSSR count). The van der Waals surface area contributed by atoms with Gasteiger partial charge in [-0.2, -0.15) is 0 Å². The fourth-order valence-corrected chi connectivity index (χ4v) is 4.65. The fourth-order valence-electron chi connectivity index (χ4n) is 4.65. The first-order chi connectivity index (χ1) is 18.0. The standard InChI is InChI=1S/C28H28N6O3/c1-19(35)30-22-11-13-23(14-12-22)31-27(36)21-9-6-16-33(18-21)26-28(37)34(17-20-7-3-2-4-8-20)25-24(32-26)10-5-15-29-25/h2-5,7-8,10-15,21H,6,9,16-18H2,1H3,(H,30,35)(H,31,36)/t21-/m1/s1. The highest BCUT2D eigenvalue weighted by molar-refractivity contribution is 5.94. The molecule has 4 aromatic rings. The van der Waals surface area contributed by atoms with E-state index in [1.165, 1.54) is 6.92 Å². The summed E-state index contributed by atoms with van der Waals surface area (Å²) in [6.07, 6.45) is 3.15. The van der Waals surface area contributed by atoms with Crippen LogP contribution < -0.4 is 21.1 Å². The van der Waals surface area contributed by atoms with Gasteiger partial charge >= 0.3 is 0 Å². The van der Waals surface area contributed by atoms with Gasteiger partial charge in [0, 0.05) is 37.6 Å².